The van der Waals surface area contributed by atoms with Gasteiger partial charge >= 0.3 is 24.1 Å². The molecule has 180 valence electrons. The van der Waals surface area contributed by atoms with Crippen molar-refractivity contribution in [1.29, 1.82) is 0 Å². The third kappa shape index (κ3) is 3.67. The highest BCUT2D eigenvalue weighted by Crippen LogP contribution is 2.48. The monoisotopic (exact) mass is 472 g/mol. The smallest absolute Gasteiger partial charge is 0.432 e. The lowest BCUT2D eigenvalue weighted by molar-refractivity contribution is -0.279. The summed E-state index contributed by atoms with van der Waals surface area (Å²) in [4.78, 5) is 37.3. The van der Waals surface area contributed by atoms with Crippen LogP contribution in [0.15, 0.2) is 30.3 Å². The van der Waals surface area contributed by atoms with E-state index in [0.29, 0.717) is 0 Å². The Labute approximate surface area is 187 Å². The standard InChI is InChI=1S/C22H23F3O8/c1-10-16-13(9-14(26)30-10)15-18(32-16)17(33-19(15)27)11(2)31-20(28)21(29-3,22(23,24)25)12-7-5-4-6-8-12/h4-8,10-11,13,15-18H,9H2,1-3H3/t10-,11-,13+,15-,16+,17+,18+,21-/m0/s1. The van der Waals surface area contributed by atoms with Crippen LogP contribution in [0.5, 0.6) is 0 Å². The first kappa shape index (κ1) is 23.5. The van der Waals surface area contributed by atoms with Crippen LogP contribution < -0.4 is 0 Å². The summed E-state index contributed by atoms with van der Waals surface area (Å²) in [5.41, 5.74) is -3.82. The van der Waals surface area contributed by atoms with Gasteiger partial charge in [0.2, 0.25) is 0 Å². The molecule has 0 unspecified atom stereocenters. The van der Waals surface area contributed by atoms with Gasteiger partial charge < -0.3 is 23.7 Å². The molecule has 3 heterocycles. The molecule has 0 spiro atoms. The molecule has 0 radical (unpaired) electrons. The van der Waals surface area contributed by atoms with Gasteiger partial charge in [-0.1, -0.05) is 30.3 Å². The average Bonchev–Trinajstić information content (AvgIpc) is 3.27. The van der Waals surface area contributed by atoms with Gasteiger partial charge in [-0.2, -0.15) is 13.2 Å². The topological polar surface area (TPSA) is 97.4 Å². The third-order valence-corrected chi connectivity index (χ3v) is 6.51. The lowest BCUT2D eigenvalue weighted by Crippen LogP contribution is -2.53. The molecule has 0 aliphatic carbocycles. The average molecular weight is 472 g/mol. The summed E-state index contributed by atoms with van der Waals surface area (Å²) in [6.45, 7) is 2.95. The minimum absolute atomic E-state index is 0.0406. The molecule has 3 saturated heterocycles. The van der Waals surface area contributed by atoms with Crippen LogP contribution in [0, 0.1) is 11.8 Å². The molecule has 3 aliphatic heterocycles. The summed E-state index contributed by atoms with van der Waals surface area (Å²) in [6.07, 6.45) is -9.68. The summed E-state index contributed by atoms with van der Waals surface area (Å²) < 4.78 is 68.7. The zero-order valence-electron chi connectivity index (χ0n) is 18.0. The van der Waals surface area contributed by atoms with E-state index in [2.05, 4.69) is 0 Å². The number of alkyl halides is 3. The maximum atomic E-state index is 14.1. The van der Waals surface area contributed by atoms with Gasteiger partial charge in [-0.25, -0.2) is 4.79 Å². The first-order chi connectivity index (χ1) is 15.5. The Morgan fingerprint density at radius 3 is 2.39 bits per heavy atom. The van der Waals surface area contributed by atoms with E-state index in [1.54, 1.807) is 6.92 Å². The Bertz CT molecular complexity index is 935. The van der Waals surface area contributed by atoms with Gasteiger partial charge in [0.15, 0.2) is 6.10 Å². The predicted molar refractivity (Wildman–Crippen MR) is 102 cm³/mol. The molecule has 0 aromatic heterocycles. The number of benzene rings is 1. The number of cyclic esters (lactones) is 2. The summed E-state index contributed by atoms with van der Waals surface area (Å²) in [6, 6.07) is 6.40. The number of rotatable bonds is 5. The van der Waals surface area contributed by atoms with Crippen molar-refractivity contribution in [2.75, 3.05) is 7.11 Å². The Hall–Kier alpha value is -2.66. The summed E-state index contributed by atoms with van der Waals surface area (Å²) in [7, 11) is 0.765. The molecule has 1 aromatic carbocycles. The maximum absolute atomic E-state index is 14.1. The second-order valence-corrected chi connectivity index (χ2v) is 8.42. The van der Waals surface area contributed by atoms with Gasteiger partial charge in [-0.3, -0.25) is 9.59 Å². The lowest BCUT2D eigenvalue weighted by atomic mass is 9.81. The number of ether oxygens (including phenoxy) is 5. The molecule has 4 rings (SSSR count). The Morgan fingerprint density at radius 1 is 1.12 bits per heavy atom. The highest BCUT2D eigenvalue weighted by molar-refractivity contribution is 5.83. The molecule has 3 fully saturated rings. The highest BCUT2D eigenvalue weighted by Gasteiger charge is 2.66. The summed E-state index contributed by atoms with van der Waals surface area (Å²) >= 11 is 0. The van der Waals surface area contributed by atoms with E-state index in [9.17, 15) is 27.6 Å². The van der Waals surface area contributed by atoms with Crippen LogP contribution in [0.25, 0.3) is 0 Å². The number of carbonyl (C=O) groups excluding carboxylic acids is 3. The van der Waals surface area contributed by atoms with Gasteiger partial charge in [0.25, 0.3) is 5.60 Å². The molecule has 0 N–H and O–H groups in total. The van der Waals surface area contributed by atoms with Crippen LogP contribution in [-0.2, 0) is 43.7 Å². The van der Waals surface area contributed by atoms with E-state index in [1.807, 2.05) is 0 Å². The van der Waals surface area contributed by atoms with Crippen molar-refractivity contribution in [3.05, 3.63) is 35.9 Å². The zero-order chi connectivity index (χ0) is 24.1. The first-order valence-electron chi connectivity index (χ1n) is 10.4. The van der Waals surface area contributed by atoms with Crippen LogP contribution >= 0.6 is 0 Å². The molecular formula is C22H23F3O8. The van der Waals surface area contributed by atoms with E-state index in [4.69, 9.17) is 23.7 Å². The molecule has 1 aromatic rings. The van der Waals surface area contributed by atoms with E-state index in [-0.39, 0.29) is 6.42 Å². The minimum Gasteiger partial charge on any atom is -0.460 e. The predicted octanol–water partition coefficient (Wildman–Crippen LogP) is 2.28. The van der Waals surface area contributed by atoms with Crippen molar-refractivity contribution < 1.29 is 51.2 Å². The summed E-state index contributed by atoms with van der Waals surface area (Å²) in [5.74, 6) is -4.11. The maximum Gasteiger partial charge on any atom is 0.432 e. The minimum atomic E-state index is -5.14. The number of esters is 3. The molecule has 0 amide bonds. The number of hydrogen-bond donors (Lipinski definition) is 0. The molecule has 33 heavy (non-hydrogen) atoms. The van der Waals surface area contributed by atoms with Crippen molar-refractivity contribution in [3.63, 3.8) is 0 Å². The largest absolute Gasteiger partial charge is 0.460 e. The molecular weight excluding hydrogens is 449 g/mol. The third-order valence-electron chi connectivity index (χ3n) is 6.51. The molecule has 0 saturated carbocycles. The van der Waals surface area contributed by atoms with Crippen LogP contribution in [0.3, 0.4) is 0 Å². The Balaban J connectivity index is 1.57. The van der Waals surface area contributed by atoms with Gasteiger partial charge in [-0.15, -0.1) is 0 Å². The van der Waals surface area contributed by atoms with Crippen LogP contribution in [-0.4, -0.2) is 61.7 Å². The van der Waals surface area contributed by atoms with Crippen molar-refractivity contribution in [1.82, 2.24) is 0 Å². The molecule has 11 heteroatoms. The fourth-order valence-corrected chi connectivity index (χ4v) is 4.97. The van der Waals surface area contributed by atoms with Crippen molar-refractivity contribution in [3.8, 4) is 0 Å². The highest BCUT2D eigenvalue weighted by atomic mass is 19.4. The molecule has 8 atom stereocenters. The van der Waals surface area contributed by atoms with E-state index in [1.165, 1.54) is 25.1 Å². The van der Waals surface area contributed by atoms with E-state index < -0.39 is 77.6 Å². The SMILES string of the molecule is CO[C@](C(=O)O[C@@H](C)[C@H]1OC(=O)[C@H]2[C@H]3CC(=O)O[C@@H](C)[C@H]3O[C@@H]12)(c1ccccc1)C(F)(F)F. The normalized spacial score (nSPS) is 33.9. The number of methoxy groups -OCH3 is 1. The second kappa shape index (κ2) is 8.28. The van der Waals surface area contributed by atoms with Gasteiger partial charge in [0.1, 0.15) is 18.3 Å². The zero-order valence-corrected chi connectivity index (χ0v) is 18.0. The lowest BCUT2D eigenvalue weighted by Gasteiger charge is -2.34. The Morgan fingerprint density at radius 2 is 1.79 bits per heavy atom. The van der Waals surface area contributed by atoms with Crippen LogP contribution in [0.2, 0.25) is 0 Å². The van der Waals surface area contributed by atoms with Crippen molar-refractivity contribution in [2.24, 2.45) is 11.8 Å². The fraction of sp³-hybridized carbons (Fsp3) is 0.591. The van der Waals surface area contributed by atoms with E-state index in [0.717, 1.165) is 19.2 Å². The second-order valence-electron chi connectivity index (χ2n) is 8.42. The number of hydrogen-bond acceptors (Lipinski definition) is 8. The number of carbonyl (C=O) groups is 3. The van der Waals surface area contributed by atoms with Crippen molar-refractivity contribution >= 4 is 17.9 Å². The van der Waals surface area contributed by atoms with Gasteiger partial charge in [0.05, 0.1) is 18.4 Å². The molecule has 3 aliphatic rings. The van der Waals surface area contributed by atoms with Crippen LogP contribution in [0.4, 0.5) is 13.2 Å². The number of fused-ring (bicyclic) bond motifs is 3. The number of halogens is 3. The van der Waals surface area contributed by atoms with Gasteiger partial charge in [0, 0.05) is 18.6 Å². The summed E-state index contributed by atoms with van der Waals surface area (Å²) in [5, 5.41) is 0. The van der Waals surface area contributed by atoms with Crippen LogP contribution in [0.1, 0.15) is 25.8 Å². The van der Waals surface area contributed by atoms with Crippen molar-refractivity contribution in [2.45, 2.75) is 62.6 Å². The Kier molecular flexibility index (Phi) is 5.90. The molecule has 0 bridgehead atoms. The quantitative estimate of drug-likeness (QED) is 0.476. The first-order valence-corrected chi connectivity index (χ1v) is 10.4. The van der Waals surface area contributed by atoms with Gasteiger partial charge in [-0.05, 0) is 13.8 Å². The van der Waals surface area contributed by atoms with E-state index >= 15 is 0 Å². The fourth-order valence-electron chi connectivity index (χ4n) is 4.97. The molecule has 8 nitrogen and oxygen atoms in total.